The van der Waals surface area contributed by atoms with Crippen LogP contribution in [0, 0.1) is 5.82 Å². The highest BCUT2D eigenvalue weighted by molar-refractivity contribution is 5.95. The van der Waals surface area contributed by atoms with Gasteiger partial charge in [-0.2, -0.15) is 13.2 Å². The van der Waals surface area contributed by atoms with Gasteiger partial charge >= 0.3 is 6.18 Å². The van der Waals surface area contributed by atoms with Crippen LogP contribution in [0.3, 0.4) is 0 Å². The zero-order valence-electron chi connectivity index (χ0n) is 14.8. The van der Waals surface area contributed by atoms with E-state index in [9.17, 15) is 27.5 Å². The first-order valence-electron chi connectivity index (χ1n) is 7.95. The molecule has 1 aromatic heterocycles. The van der Waals surface area contributed by atoms with Crippen LogP contribution in [0.15, 0.2) is 61.2 Å². The lowest BCUT2D eigenvalue weighted by Gasteiger charge is -2.19. The predicted molar refractivity (Wildman–Crippen MR) is 94.5 cm³/mol. The van der Waals surface area contributed by atoms with E-state index in [1.165, 1.54) is 48.6 Å². The van der Waals surface area contributed by atoms with Gasteiger partial charge in [0, 0.05) is 31.7 Å². The molecule has 1 heterocycles. The van der Waals surface area contributed by atoms with Crippen LogP contribution < -0.4 is 5.32 Å². The van der Waals surface area contributed by atoms with Gasteiger partial charge in [0.1, 0.15) is 5.75 Å². The summed E-state index contributed by atoms with van der Waals surface area (Å²) in [4.78, 5) is 16.9. The summed E-state index contributed by atoms with van der Waals surface area (Å²) in [5.41, 5.74) is -1.06. The van der Waals surface area contributed by atoms with E-state index in [1.807, 2.05) is 0 Å². The molecule has 2 aromatic rings. The van der Waals surface area contributed by atoms with E-state index in [0.717, 1.165) is 6.20 Å². The standard InChI is InChI=1S/C19H17F4N3O2/c1-12(25-18(28)15-5-7-24-10-17(15)20)6-8-26(2)11-13-3-4-14(27)9-16(13)19(21,22)23/h3-10,27H,1,11H2,2H3,(H,25,28)/b8-6-. The molecule has 148 valence electrons. The Balaban J connectivity index is 2.02. The smallest absolute Gasteiger partial charge is 0.416 e. The zero-order chi connectivity index (χ0) is 20.9. The van der Waals surface area contributed by atoms with Crippen LogP contribution in [0.25, 0.3) is 0 Å². The number of carbonyl (C=O) groups excluding carboxylic acids is 1. The fraction of sp³-hybridized carbons (Fsp3) is 0.158. The number of phenols is 1. The lowest BCUT2D eigenvalue weighted by Crippen LogP contribution is -2.23. The molecule has 5 nitrogen and oxygen atoms in total. The van der Waals surface area contributed by atoms with Gasteiger partial charge < -0.3 is 15.3 Å². The SMILES string of the molecule is C=C(/C=C\N(C)Cc1ccc(O)cc1C(F)(F)F)NC(=O)c1ccncc1F. The normalized spacial score (nSPS) is 11.5. The molecule has 0 bridgehead atoms. The van der Waals surface area contributed by atoms with Gasteiger partial charge in [0.05, 0.1) is 17.3 Å². The van der Waals surface area contributed by atoms with E-state index in [0.29, 0.717) is 6.07 Å². The Kier molecular flexibility index (Phi) is 6.40. The molecule has 0 aliphatic carbocycles. The Hall–Kier alpha value is -3.36. The summed E-state index contributed by atoms with van der Waals surface area (Å²) >= 11 is 0. The van der Waals surface area contributed by atoms with Crippen LogP contribution in [0.2, 0.25) is 0 Å². The maximum Gasteiger partial charge on any atom is 0.416 e. The molecule has 0 aliphatic heterocycles. The highest BCUT2D eigenvalue weighted by Crippen LogP contribution is 2.34. The first-order valence-corrected chi connectivity index (χ1v) is 7.95. The number of amides is 1. The number of aromatic nitrogens is 1. The Morgan fingerprint density at radius 2 is 2.07 bits per heavy atom. The predicted octanol–water partition coefficient (Wildman–Crippen LogP) is 3.83. The minimum Gasteiger partial charge on any atom is -0.508 e. The average molecular weight is 395 g/mol. The molecule has 2 rings (SSSR count). The van der Waals surface area contributed by atoms with Crippen molar-refractivity contribution < 1.29 is 27.5 Å². The highest BCUT2D eigenvalue weighted by atomic mass is 19.4. The summed E-state index contributed by atoms with van der Waals surface area (Å²) in [5.74, 6) is -2.00. The molecule has 0 atom stereocenters. The van der Waals surface area contributed by atoms with Crippen molar-refractivity contribution in [3.8, 4) is 5.75 Å². The van der Waals surface area contributed by atoms with Gasteiger partial charge in [-0.1, -0.05) is 12.6 Å². The monoisotopic (exact) mass is 395 g/mol. The van der Waals surface area contributed by atoms with E-state index in [2.05, 4.69) is 16.9 Å². The lowest BCUT2D eigenvalue weighted by molar-refractivity contribution is -0.138. The van der Waals surface area contributed by atoms with Crippen molar-refractivity contribution in [2.75, 3.05) is 7.05 Å². The average Bonchev–Trinajstić information content (AvgIpc) is 2.61. The molecule has 1 amide bonds. The summed E-state index contributed by atoms with van der Waals surface area (Å²) in [5, 5.41) is 11.7. The first kappa shape index (κ1) is 20.9. The summed E-state index contributed by atoms with van der Waals surface area (Å²) in [7, 11) is 1.53. The largest absolute Gasteiger partial charge is 0.508 e. The number of nitrogens with one attached hydrogen (secondary N) is 1. The number of hydrogen-bond acceptors (Lipinski definition) is 4. The Morgan fingerprint density at radius 1 is 1.36 bits per heavy atom. The molecule has 0 unspecified atom stereocenters. The molecule has 28 heavy (non-hydrogen) atoms. The van der Waals surface area contributed by atoms with Crippen LogP contribution >= 0.6 is 0 Å². The van der Waals surface area contributed by atoms with Gasteiger partial charge in [-0.15, -0.1) is 0 Å². The molecular weight excluding hydrogens is 378 g/mol. The number of phenolic OH excluding ortho intramolecular Hbond substituents is 1. The second-order valence-corrected chi connectivity index (χ2v) is 5.90. The number of rotatable bonds is 6. The summed E-state index contributed by atoms with van der Waals surface area (Å²) < 4.78 is 52.8. The van der Waals surface area contributed by atoms with Crippen molar-refractivity contribution in [3.63, 3.8) is 0 Å². The third kappa shape index (κ3) is 5.57. The Morgan fingerprint density at radius 3 is 2.71 bits per heavy atom. The number of benzene rings is 1. The van der Waals surface area contributed by atoms with Crippen molar-refractivity contribution in [2.24, 2.45) is 0 Å². The van der Waals surface area contributed by atoms with Crippen molar-refractivity contribution in [2.45, 2.75) is 12.7 Å². The molecule has 0 spiro atoms. The summed E-state index contributed by atoms with van der Waals surface area (Å²) in [6.07, 6.45) is 0.339. The third-order valence-corrected chi connectivity index (χ3v) is 3.64. The number of halogens is 4. The van der Waals surface area contributed by atoms with E-state index in [1.54, 1.807) is 0 Å². The van der Waals surface area contributed by atoms with Gasteiger partial charge in [-0.25, -0.2) is 4.39 Å². The van der Waals surface area contributed by atoms with Crippen LogP contribution in [0.1, 0.15) is 21.5 Å². The minimum absolute atomic E-state index is 0.0362. The van der Waals surface area contributed by atoms with Gasteiger partial charge in [-0.3, -0.25) is 9.78 Å². The maximum absolute atomic E-state index is 13.5. The topological polar surface area (TPSA) is 65.5 Å². The van der Waals surface area contributed by atoms with E-state index >= 15 is 0 Å². The molecule has 0 fully saturated rings. The number of nitrogens with zero attached hydrogens (tertiary/aromatic N) is 2. The molecule has 2 N–H and O–H groups in total. The van der Waals surface area contributed by atoms with Crippen LogP contribution in [0.5, 0.6) is 5.75 Å². The number of aromatic hydroxyl groups is 1. The van der Waals surface area contributed by atoms with Crippen molar-refractivity contribution in [3.05, 3.63) is 83.7 Å². The number of hydrogen-bond donors (Lipinski definition) is 2. The quantitative estimate of drug-likeness (QED) is 0.576. The molecule has 1 aromatic carbocycles. The number of allylic oxidation sites excluding steroid dienone is 1. The fourth-order valence-corrected chi connectivity index (χ4v) is 2.32. The van der Waals surface area contributed by atoms with Crippen molar-refractivity contribution >= 4 is 5.91 Å². The highest BCUT2D eigenvalue weighted by Gasteiger charge is 2.33. The van der Waals surface area contributed by atoms with Crippen LogP contribution in [-0.4, -0.2) is 27.9 Å². The zero-order valence-corrected chi connectivity index (χ0v) is 14.8. The summed E-state index contributed by atoms with van der Waals surface area (Å²) in [6, 6.07) is 4.22. The van der Waals surface area contributed by atoms with Gasteiger partial charge in [0.25, 0.3) is 5.91 Å². The molecule has 0 aliphatic rings. The molecule has 0 saturated carbocycles. The molecule has 9 heteroatoms. The first-order chi connectivity index (χ1) is 13.1. The van der Waals surface area contributed by atoms with Gasteiger partial charge in [0.2, 0.25) is 0 Å². The Bertz CT molecular complexity index is 910. The Labute approximate surface area is 158 Å². The van der Waals surface area contributed by atoms with Gasteiger partial charge in [0.15, 0.2) is 5.82 Å². The minimum atomic E-state index is -4.61. The fourth-order valence-electron chi connectivity index (χ4n) is 2.32. The maximum atomic E-state index is 13.5. The van der Waals surface area contributed by atoms with Crippen LogP contribution in [0.4, 0.5) is 17.6 Å². The number of carbonyl (C=O) groups is 1. The van der Waals surface area contributed by atoms with Crippen molar-refractivity contribution in [1.29, 1.82) is 0 Å². The second kappa shape index (κ2) is 8.55. The van der Waals surface area contributed by atoms with Crippen molar-refractivity contribution in [1.82, 2.24) is 15.2 Å². The molecular formula is C19H17F4N3O2. The second-order valence-electron chi connectivity index (χ2n) is 5.90. The van der Waals surface area contributed by atoms with Crippen LogP contribution in [-0.2, 0) is 12.7 Å². The molecule has 0 saturated heterocycles. The van der Waals surface area contributed by atoms with E-state index in [-0.39, 0.29) is 23.4 Å². The van der Waals surface area contributed by atoms with E-state index < -0.39 is 29.2 Å². The number of pyridine rings is 1. The van der Waals surface area contributed by atoms with Gasteiger partial charge in [-0.05, 0) is 29.8 Å². The third-order valence-electron chi connectivity index (χ3n) is 3.64. The molecule has 0 radical (unpaired) electrons. The number of alkyl halides is 3. The summed E-state index contributed by atoms with van der Waals surface area (Å²) in [6.45, 7) is 3.50. The lowest BCUT2D eigenvalue weighted by atomic mass is 10.1. The van der Waals surface area contributed by atoms with E-state index in [4.69, 9.17) is 0 Å².